The number of nitriles is 1. The van der Waals surface area contributed by atoms with E-state index < -0.39 is 0 Å². The molecule has 0 aliphatic carbocycles. The van der Waals surface area contributed by atoms with Crippen LogP contribution in [-0.4, -0.2) is 11.7 Å². The Bertz CT molecular complexity index is 409. The maximum Gasteiger partial charge on any atom is 0.104 e. The second-order valence-electron chi connectivity index (χ2n) is 2.27. The molecule has 3 heteroatoms. The van der Waals surface area contributed by atoms with Crippen LogP contribution in [0.1, 0.15) is 11.1 Å². The van der Waals surface area contributed by atoms with Gasteiger partial charge in [0.15, 0.2) is 0 Å². The first-order chi connectivity index (χ1) is 6.27. The number of aliphatic hydroxyl groups is 1. The third kappa shape index (κ3) is 2.49. The first-order valence-corrected chi connectivity index (χ1v) is 3.95. The monoisotopic (exact) mass is 191 g/mol. The van der Waals surface area contributed by atoms with Crippen LogP contribution in [0.3, 0.4) is 0 Å². The van der Waals surface area contributed by atoms with Crippen molar-refractivity contribution < 1.29 is 5.11 Å². The number of benzene rings is 1. The smallest absolute Gasteiger partial charge is 0.104 e. The molecule has 0 unspecified atom stereocenters. The van der Waals surface area contributed by atoms with E-state index in [4.69, 9.17) is 22.0 Å². The molecule has 0 aromatic heterocycles. The number of nitrogens with zero attached hydrogens (tertiary/aromatic N) is 1. The lowest BCUT2D eigenvalue weighted by Crippen LogP contribution is -1.80. The van der Waals surface area contributed by atoms with Gasteiger partial charge in [0, 0.05) is 5.56 Å². The van der Waals surface area contributed by atoms with Gasteiger partial charge in [0.1, 0.15) is 12.7 Å². The molecule has 1 rings (SSSR count). The highest BCUT2D eigenvalue weighted by Gasteiger charge is 1.98. The van der Waals surface area contributed by atoms with E-state index in [9.17, 15) is 0 Å². The molecule has 1 N–H and O–H groups in total. The standard InChI is InChI=1S/C10H6ClNO/c11-10-6-8(2-1-5-13)3-4-9(10)7-12/h3-4,6,13H,5H2. The van der Waals surface area contributed by atoms with Crippen LogP contribution in [0.25, 0.3) is 0 Å². The molecule has 0 saturated carbocycles. The number of rotatable bonds is 0. The minimum atomic E-state index is -0.183. The largest absolute Gasteiger partial charge is 0.384 e. The van der Waals surface area contributed by atoms with E-state index in [0.29, 0.717) is 16.1 Å². The van der Waals surface area contributed by atoms with Crippen LogP contribution >= 0.6 is 11.6 Å². The molecule has 0 bridgehead atoms. The van der Waals surface area contributed by atoms with E-state index in [1.807, 2.05) is 6.07 Å². The van der Waals surface area contributed by atoms with Gasteiger partial charge >= 0.3 is 0 Å². The summed E-state index contributed by atoms with van der Waals surface area (Å²) in [6, 6.07) is 6.84. The minimum Gasteiger partial charge on any atom is -0.384 e. The second-order valence-corrected chi connectivity index (χ2v) is 2.67. The maximum atomic E-state index is 8.57. The molecule has 0 amide bonds. The molecule has 0 fully saturated rings. The Morgan fingerprint density at radius 2 is 2.23 bits per heavy atom. The molecule has 13 heavy (non-hydrogen) atoms. The van der Waals surface area contributed by atoms with Crippen molar-refractivity contribution in [1.29, 1.82) is 5.26 Å². The lowest BCUT2D eigenvalue weighted by molar-refractivity contribution is 0.350. The van der Waals surface area contributed by atoms with Gasteiger partial charge in [0.05, 0.1) is 10.6 Å². The lowest BCUT2D eigenvalue weighted by Gasteiger charge is -1.94. The van der Waals surface area contributed by atoms with Crippen molar-refractivity contribution in [1.82, 2.24) is 0 Å². The molecular formula is C10H6ClNO. The summed E-state index contributed by atoms with van der Waals surface area (Å²) >= 11 is 5.76. The van der Waals surface area contributed by atoms with E-state index in [1.54, 1.807) is 18.2 Å². The third-order valence-corrected chi connectivity index (χ3v) is 1.71. The molecule has 0 aliphatic rings. The van der Waals surface area contributed by atoms with Crippen LogP contribution in [0, 0.1) is 23.2 Å². The van der Waals surface area contributed by atoms with Gasteiger partial charge < -0.3 is 5.11 Å². The van der Waals surface area contributed by atoms with Crippen molar-refractivity contribution >= 4 is 11.6 Å². The quantitative estimate of drug-likeness (QED) is 0.633. The fourth-order valence-electron chi connectivity index (χ4n) is 0.825. The predicted molar refractivity (Wildman–Crippen MR) is 50.1 cm³/mol. The number of hydrogen-bond acceptors (Lipinski definition) is 2. The highest BCUT2D eigenvalue weighted by molar-refractivity contribution is 6.31. The van der Waals surface area contributed by atoms with E-state index in [1.165, 1.54) is 0 Å². The van der Waals surface area contributed by atoms with Gasteiger partial charge in [-0.15, -0.1) is 0 Å². The summed E-state index contributed by atoms with van der Waals surface area (Å²) < 4.78 is 0. The van der Waals surface area contributed by atoms with Crippen molar-refractivity contribution in [3.63, 3.8) is 0 Å². The average molecular weight is 192 g/mol. The summed E-state index contributed by atoms with van der Waals surface area (Å²) in [5, 5.41) is 17.4. The van der Waals surface area contributed by atoms with Crippen LogP contribution in [0.4, 0.5) is 0 Å². The fraction of sp³-hybridized carbons (Fsp3) is 0.100. The highest BCUT2D eigenvalue weighted by Crippen LogP contribution is 2.15. The molecule has 0 radical (unpaired) electrons. The Hall–Kier alpha value is -1.48. The first kappa shape index (κ1) is 9.61. The summed E-state index contributed by atoms with van der Waals surface area (Å²) in [4.78, 5) is 0. The van der Waals surface area contributed by atoms with Crippen molar-refractivity contribution in [2.75, 3.05) is 6.61 Å². The van der Waals surface area contributed by atoms with Crippen LogP contribution in [0.15, 0.2) is 18.2 Å². The number of hydrogen-bond donors (Lipinski definition) is 1. The van der Waals surface area contributed by atoms with Gasteiger partial charge in [0.2, 0.25) is 0 Å². The minimum absolute atomic E-state index is 0.183. The van der Waals surface area contributed by atoms with E-state index in [-0.39, 0.29) is 6.61 Å². The summed E-state index contributed by atoms with van der Waals surface area (Å²) in [5.41, 5.74) is 1.12. The Morgan fingerprint density at radius 1 is 1.46 bits per heavy atom. The fourth-order valence-corrected chi connectivity index (χ4v) is 1.05. The van der Waals surface area contributed by atoms with E-state index in [0.717, 1.165) is 0 Å². The van der Waals surface area contributed by atoms with Gasteiger partial charge in [-0.2, -0.15) is 5.26 Å². The molecular weight excluding hydrogens is 186 g/mol. The molecule has 0 atom stereocenters. The summed E-state index contributed by atoms with van der Waals surface area (Å²) in [6.45, 7) is -0.183. The summed E-state index contributed by atoms with van der Waals surface area (Å²) in [7, 11) is 0. The van der Waals surface area contributed by atoms with Crippen molar-refractivity contribution in [3.8, 4) is 17.9 Å². The van der Waals surface area contributed by atoms with E-state index in [2.05, 4.69) is 11.8 Å². The van der Waals surface area contributed by atoms with Crippen molar-refractivity contribution in [2.24, 2.45) is 0 Å². The van der Waals surface area contributed by atoms with E-state index >= 15 is 0 Å². The SMILES string of the molecule is N#Cc1ccc(C#CCO)cc1Cl. The topological polar surface area (TPSA) is 44.0 Å². The zero-order valence-electron chi connectivity index (χ0n) is 6.71. The summed E-state index contributed by atoms with van der Waals surface area (Å²) in [5.74, 6) is 5.19. The molecule has 2 nitrogen and oxygen atoms in total. The van der Waals surface area contributed by atoms with Crippen molar-refractivity contribution in [3.05, 3.63) is 34.3 Å². The van der Waals surface area contributed by atoms with Gasteiger partial charge in [-0.3, -0.25) is 0 Å². The number of halogens is 1. The Morgan fingerprint density at radius 3 is 2.77 bits per heavy atom. The van der Waals surface area contributed by atoms with Gasteiger partial charge in [-0.25, -0.2) is 0 Å². The second kappa shape index (κ2) is 4.52. The molecule has 0 aliphatic heterocycles. The zero-order chi connectivity index (χ0) is 9.68. The first-order valence-electron chi connectivity index (χ1n) is 3.57. The van der Waals surface area contributed by atoms with Gasteiger partial charge in [-0.1, -0.05) is 23.4 Å². The van der Waals surface area contributed by atoms with Gasteiger partial charge in [0.25, 0.3) is 0 Å². The normalized spacial score (nSPS) is 8.38. The number of aliphatic hydroxyl groups excluding tert-OH is 1. The third-order valence-electron chi connectivity index (χ3n) is 1.40. The molecule has 1 aromatic carbocycles. The molecule has 1 aromatic rings. The van der Waals surface area contributed by atoms with Crippen LogP contribution in [0.2, 0.25) is 5.02 Å². The Balaban J connectivity index is 3.04. The van der Waals surface area contributed by atoms with Gasteiger partial charge in [-0.05, 0) is 18.2 Å². The average Bonchev–Trinajstić information content (AvgIpc) is 2.15. The molecule has 64 valence electrons. The molecule has 0 saturated heterocycles. The van der Waals surface area contributed by atoms with Crippen LogP contribution < -0.4 is 0 Å². The molecule has 0 spiro atoms. The zero-order valence-corrected chi connectivity index (χ0v) is 7.47. The Kier molecular flexibility index (Phi) is 3.34. The van der Waals surface area contributed by atoms with Crippen molar-refractivity contribution in [2.45, 2.75) is 0 Å². The molecule has 0 heterocycles. The Labute approximate surface area is 81.4 Å². The highest BCUT2D eigenvalue weighted by atomic mass is 35.5. The predicted octanol–water partition coefficient (Wildman–Crippen LogP) is 1.56. The van der Waals surface area contributed by atoms with Crippen LogP contribution in [0.5, 0.6) is 0 Å². The lowest BCUT2D eigenvalue weighted by atomic mass is 10.1. The summed E-state index contributed by atoms with van der Waals surface area (Å²) in [6.07, 6.45) is 0. The van der Waals surface area contributed by atoms with Crippen LogP contribution in [-0.2, 0) is 0 Å². The maximum absolute atomic E-state index is 8.57.